The third-order valence-electron chi connectivity index (χ3n) is 6.23. The molecule has 36 heavy (non-hydrogen) atoms. The number of hydrogen-bond acceptors (Lipinski definition) is 6. The molecule has 0 saturated carbocycles. The summed E-state index contributed by atoms with van der Waals surface area (Å²) in [5.74, 6) is 0.286. The molecular weight excluding hydrogens is 472 g/mol. The molecule has 3 aromatic carbocycles. The molecule has 1 atom stereocenters. The number of hydrogen-bond donors (Lipinski definition) is 2. The summed E-state index contributed by atoms with van der Waals surface area (Å²) < 4.78 is 35.1. The highest BCUT2D eigenvalue weighted by Gasteiger charge is 2.21. The molecule has 5 rings (SSSR count). The molecule has 4 aromatic rings. The Morgan fingerprint density at radius 1 is 0.917 bits per heavy atom. The van der Waals surface area contributed by atoms with E-state index in [1.54, 1.807) is 24.3 Å². The average Bonchev–Trinajstić information content (AvgIpc) is 2.86. The van der Waals surface area contributed by atoms with Crippen LogP contribution in [0.1, 0.15) is 22.3 Å². The Labute approximate surface area is 211 Å². The van der Waals surface area contributed by atoms with Crippen LogP contribution in [0.2, 0.25) is 0 Å². The first kappa shape index (κ1) is 24.0. The van der Waals surface area contributed by atoms with Gasteiger partial charge < -0.3 is 10.1 Å². The Balaban J connectivity index is 1.58. The van der Waals surface area contributed by atoms with Gasteiger partial charge in [-0.3, -0.25) is 0 Å². The van der Waals surface area contributed by atoms with Gasteiger partial charge in [-0.15, -0.1) is 0 Å². The second-order valence-electron chi connectivity index (χ2n) is 9.01. The van der Waals surface area contributed by atoms with Gasteiger partial charge in [0.15, 0.2) is 0 Å². The van der Waals surface area contributed by atoms with Gasteiger partial charge in [0, 0.05) is 24.2 Å². The van der Waals surface area contributed by atoms with Crippen molar-refractivity contribution in [2.75, 3.05) is 11.3 Å². The summed E-state index contributed by atoms with van der Waals surface area (Å²) in [7, 11) is -3.90. The van der Waals surface area contributed by atoms with E-state index in [1.165, 1.54) is 5.56 Å². The van der Waals surface area contributed by atoms with Crippen molar-refractivity contribution in [2.24, 2.45) is 0 Å². The van der Waals surface area contributed by atoms with Gasteiger partial charge in [-0.1, -0.05) is 60.7 Å². The summed E-state index contributed by atoms with van der Waals surface area (Å²) in [6.45, 7) is 4.86. The molecule has 184 valence electrons. The maximum atomic E-state index is 13.2. The Morgan fingerprint density at radius 2 is 1.67 bits per heavy atom. The number of nitrogens with one attached hydrogen (secondary N) is 2. The van der Waals surface area contributed by atoms with E-state index >= 15 is 0 Å². The topological polar surface area (TPSA) is 93.2 Å². The fourth-order valence-electron chi connectivity index (χ4n) is 4.43. The molecule has 0 unspecified atom stereocenters. The Hall–Kier alpha value is -3.75. The summed E-state index contributed by atoms with van der Waals surface area (Å²) >= 11 is 0. The monoisotopic (exact) mass is 500 g/mol. The third-order valence-corrected chi connectivity index (χ3v) is 7.55. The van der Waals surface area contributed by atoms with E-state index in [9.17, 15) is 8.42 Å². The van der Waals surface area contributed by atoms with Crippen LogP contribution in [0.25, 0.3) is 11.3 Å². The first-order valence-corrected chi connectivity index (χ1v) is 13.3. The standard InChI is InChI=1S/C28H28N4O3S/c1-19-8-6-9-20(2)27(19)25-16-26-31-28(30-25)32-36(33,34)24-13-7-12-22(15-24)17-29-23(18-35-26)14-21-10-4-3-5-11-21/h3-13,15-16,23,29H,14,17-18H2,1-2H3,(H,30,31,32)/t23-/m1/s1. The third kappa shape index (κ3) is 5.40. The van der Waals surface area contributed by atoms with E-state index < -0.39 is 10.0 Å². The Morgan fingerprint density at radius 3 is 2.44 bits per heavy atom. The Kier molecular flexibility index (Phi) is 6.71. The second kappa shape index (κ2) is 10.1. The lowest BCUT2D eigenvalue weighted by Gasteiger charge is -2.20. The molecule has 0 saturated heterocycles. The number of anilines is 1. The van der Waals surface area contributed by atoms with Gasteiger partial charge >= 0.3 is 0 Å². The number of fused-ring (bicyclic) bond motifs is 4. The minimum Gasteiger partial charge on any atom is -0.476 e. The number of nitrogens with zero attached hydrogens (tertiary/aromatic N) is 2. The lowest BCUT2D eigenvalue weighted by molar-refractivity contribution is 0.253. The quantitative estimate of drug-likeness (QED) is 0.425. The van der Waals surface area contributed by atoms with Gasteiger partial charge in [0.2, 0.25) is 11.8 Å². The minimum atomic E-state index is -3.90. The van der Waals surface area contributed by atoms with Gasteiger partial charge in [0.1, 0.15) is 6.61 Å². The van der Waals surface area contributed by atoms with Crippen LogP contribution in [0.3, 0.4) is 0 Å². The van der Waals surface area contributed by atoms with Crippen LogP contribution in [0, 0.1) is 13.8 Å². The lowest BCUT2D eigenvalue weighted by Crippen LogP contribution is -2.36. The zero-order valence-corrected chi connectivity index (χ0v) is 21.0. The molecule has 0 amide bonds. The normalized spacial score (nSPS) is 17.0. The van der Waals surface area contributed by atoms with E-state index in [1.807, 2.05) is 56.3 Å². The SMILES string of the molecule is Cc1cccc(C)c1-c1cc2nc(n1)NS(=O)(=O)c1cccc(c1)CN[C@H](Cc1ccccc1)CO2. The predicted molar refractivity (Wildman–Crippen MR) is 140 cm³/mol. The molecule has 4 bridgehead atoms. The van der Waals surface area contributed by atoms with Crippen molar-refractivity contribution in [3.63, 3.8) is 0 Å². The average molecular weight is 501 g/mol. The van der Waals surface area contributed by atoms with Crippen molar-refractivity contribution in [2.45, 2.75) is 37.8 Å². The zero-order valence-electron chi connectivity index (χ0n) is 20.2. The highest BCUT2D eigenvalue weighted by Crippen LogP contribution is 2.29. The maximum absolute atomic E-state index is 13.2. The number of aryl methyl sites for hydroxylation is 2. The number of aromatic nitrogens is 2. The molecule has 1 aromatic heterocycles. The molecule has 1 aliphatic heterocycles. The largest absolute Gasteiger partial charge is 0.476 e. The van der Waals surface area contributed by atoms with Gasteiger partial charge in [-0.05, 0) is 54.7 Å². The van der Waals surface area contributed by atoms with E-state index in [2.05, 4.69) is 32.1 Å². The summed E-state index contributed by atoms with van der Waals surface area (Å²) in [6, 6.07) is 24.8. The highest BCUT2D eigenvalue weighted by molar-refractivity contribution is 7.92. The summed E-state index contributed by atoms with van der Waals surface area (Å²) in [6.07, 6.45) is 0.749. The molecule has 0 spiro atoms. The van der Waals surface area contributed by atoms with Crippen molar-refractivity contribution < 1.29 is 13.2 Å². The van der Waals surface area contributed by atoms with Gasteiger partial charge in [-0.25, -0.2) is 18.1 Å². The van der Waals surface area contributed by atoms with E-state index in [0.717, 1.165) is 28.7 Å². The van der Waals surface area contributed by atoms with Crippen molar-refractivity contribution in [3.05, 3.63) is 101 Å². The molecule has 8 heteroatoms. The van der Waals surface area contributed by atoms with Crippen LogP contribution >= 0.6 is 0 Å². The van der Waals surface area contributed by atoms with Crippen LogP contribution in [0.5, 0.6) is 5.88 Å². The number of sulfonamides is 1. The fraction of sp³-hybridized carbons (Fsp3) is 0.214. The van der Waals surface area contributed by atoms with Crippen LogP contribution in [0.15, 0.2) is 83.8 Å². The minimum absolute atomic E-state index is 0.0246. The van der Waals surface area contributed by atoms with Crippen LogP contribution < -0.4 is 14.8 Å². The smallest absolute Gasteiger partial charge is 0.264 e. The molecule has 0 aliphatic carbocycles. The van der Waals surface area contributed by atoms with E-state index in [-0.39, 0.29) is 16.9 Å². The van der Waals surface area contributed by atoms with Crippen molar-refractivity contribution in [1.29, 1.82) is 0 Å². The Bertz CT molecular complexity index is 1470. The number of ether oxygens (including phenoxy) is 1. The zero-order chi connectivity index (χ0) is 25.1. The summed E-state index contributed by atoms with van der Waals surface area (Å²) in [5, 5.41) is 3.53. The molecule has 2 heterocycles. The van der Waals surface area contributed by atoms with Crippen molar-refractivity contribution in [3.8, 4) is 17.1 Å². The molecule has 0 radical (unpaired) electrons. The van der Waals surface area contributed by atoms with Gasteiger partial charge in [0.25, 0.3) is 10.0 Å². The second-order valence-corrected chi connectivity index (χ2v) is 10.7. The molecule has 1 aliphatic rings. The van der Waals surface area contributed by atoms with Crippen LogP contribution in [-0.4, -0.2) is 31.0 Å². The lowest BCUT2D eigenvalue weighted by atomic mass is 10.00. The predicted octanol–water partition coefficient (Wildman–Crippen LogP) is 4.65. The van der Waals surface area contributed by atoms with Crippen molar-refractivity contribution >= 4 is 16.0 Å². The van der Waals surface area contributed by atoms with Crippen LogP contribution in [-0.2, 0) is 23.0 Å². The van der Waals surface area contributed by atoms with E-state index in [4.69, 9.17) is 4.74 Å². The molecule has 2 N–H and O–H groups in total. The maximum Gasteiger partial charge on any atom is 0.264 e. The van der Waals surface area contributed by atoms with Crippen LogP contribution in [0.4, 0.5) is 5.95 Å². The highest BCUT2D eigenvalue weighted by atomic mass is 32.2. The van der Waals surface area contributed by atoms with E-state index in [0.29, 0.717) is 24.7 Å². The summed E-state index contributed by atoms with van der Waals surface area (Å²) in [5.41, 5.74) is 5.63. The summed E-state index contributed by atoms with van der Waals surface area (Å²) in [4.78, 5) is 9.14. The van der Waals surface area contributed by atoms with Gasteiger partial charge in [-0.2, -0.15) is 4.98 Å². The number of benzene rings is 3. The molecule has 7 nitrogen and oxygen atoms in total. The molecule has 0 fully saturated rings. The first-order valence-electron chi connectivity index (χ1n) is 11.8. The first-order chi connectivity index (χ1) is 17.4. The van der Waals surface area contributed by atoms with Gasteiger partial charge in [0.05, 0.1) is 10.6 Å². The molecular formula is C28H28N4O3S. The van der Waals surface area contributed by atoms with Crippen molar-refractivity contribution in [1.82, 2.24) is 15.3 Å². The number of rotatable bonds is 3. The fourth-order valence-corrected chi connectivity index (χ4v) is 5.44.